The minimum atomic E-state index is -1.28. The first-order valence-corrected chi connectivity index (χ1v) is 4.89. The van der Waals surface area contributed by atoms with E-state index in [4.69, 9.17) is 16.9 Å². The number of benzene rings is 1. The molecule has 1 N–H and O–H groups in total. The molecule has 0 saturated heterocycles. The molecule has 0 aromatic heterocycles. The molecule has 1 atom stereocenters. The summed E-state index contributed by atoms with van der Waals surface area (Å²) in [6.07, 6.45) is 0. The molecule has 0 saturated carbocycles. The molecule has 4 nitrogen and oxygen atoms in total. The number of nitrogens with one attached hydrogen (secondary N) is 1. The lowest BCUT2D eigenvalue weighted by Gasteiger charge is -2.07. The van der Waals surface area contributed by atoms with Crippen LogP contribution in [0.25, 0.3) is 0 Å². The average Bonchev–Trinajstić information content (AvgIpc) is 2.17. The molecule has 0 aliphatic carbocycles. The summed E-state index contributed by atoms with van der Waals surface area (Å²) in [6, 6.07) is 8.12. The van der Waals surface area contributed by atoms with E-state index in [1.807, 2.05) is 0 Å². The Morgan fingerprint density at radius 3 is 2.69 bits per heavy atom. The Bertz CT molecular complexity index is 465. The number of Topliss-reactive ketones (excluding diaryl/α,β-unsaturated/α-hetero) is 1. The van der Waals surface area contributed by atoms with E-state index >= 15 is 0 Å². The second-order valence-corrected chi connectivity index (χ2v) is 3.61. The Labute approximate surface area is 97.8 Å². The Kier molecular flexibility index (Phi) is 4.03. The number of nitriles is 1. The number of hydrogen-bond donors (Lipinski definition) is 1. The van der Waals surface area contributed by atoms with Gasteiger partial charge < -0.3 is 5.32 Å². The third kappa shape index (κ3) is 3.07. The Morgan fingerprint density at radius 1 is 1.50 bits per heavy atom. The first kappa shape index (κ1) is 12.2. The Hall–Kier alpha value is -1.86. The minimum Gasteiger partial charge on any atom is -0.325 e. The van der Waals surface area contributed by atoms with Crippen molar-refractivity contribution in [3.8, 4) is 6.07 Å². The van der Waals surface area contributed by atoms with Crippen LogP contribution in [-0.4, -0.2) is 11.7 Å². The van der Waals surface area contributed by atoms with Gasteiger partial charge in [-0.3, -0.25) is 9.59 Å². The van der Waals surface area contributed by atoms with Crippen LogP contribution in [0.5, 0.6) is 0 Å². The molecule has 0 bridgehead atoms. The van der Waals surface area contributed by atoms with Crippen molar-refractivity contribution in [2.24, 2.45) is 5.92 Å². The van der Waals surface area contributed by atoms with Gasteiger partial charge in [0.25, 0.3) is 0 Å². The van der Waals surface area contributed by atoms with Gasteiger partial charge in [-0.05, 0) is 25.1 Å². The Morgan fingerprint density at radius 2 is 2.19 bits per heavy atom. The van der Waals surface area contributed by atoms with Gasteiger partial charge in [0, 0.05) is 10.7 Å². The zero-order valence-electron chi connectivity index (χ0n) is 8.53. The van der Waals surface area contributed by atoms with Gasteiger partial charge >= 0.3 is 0 Å². The number of amides is 1. The van der Waals surface area contributed by atoms with Crippen LogP contribution >= 0.6 is 11.6 Å². The third-order valence-corrected chi connectivity index (χ3v) is 2.13. The molecule has 0 heterocycles. The summed E-state index contributed by atoms with van der Waals surface area (Å²) >= 11 is 5.72. The van der Waals surface area contributed by atoms with E-state index in [-0.39, 0.29) is 0 Å². The molecule has 0 fully saturated rings. The van der Waals surface area contributed by atoms with Crippen molar-refractivity contribution in [1.82, 2.24) is 0 Å². The van der Waals surface area contributed by atoms with Crippen LogP contribution in [-0.2, 0) is 9.59 Å². The fraction of sp³-hybridized carbons (Fsp3) is 0.182. The van der Waals surface area contributed by atoms with Gasteiger partial charge in [-0.1, -0.05) is 17.7 Å². The second-order valence-electron chi connectivity index (χ2n) is 3.17. The molecule has 0 aliphatic heterocycles. The lowest BCUT2D eigenvalue weighted by molar-refractivity contribution is -0.127. The summed E-state index contributed by atoms with van der Waals surface area (Å²) in [6.45, 7) is 1.20. The highest BCUT2D eigenvalue weighted by Gasteiger charge is 2.22. The molecule has 1 aromatic rings. The van der Waals surface area contributed by atoms with Gasteiger partial charge in [0.05, 0.1) is 6.07 Å². The van der Waals surface area contributed by atoms with Gasteiger partial charge in [-0.15, -0.1) is 0 Å². The van der Waals surface area contributed by atoms with Crippen LogP contribution in [0.3, 0.4) is 0 Å². The first-order valence-electron chi connectivity index (χ1n) is 4.51. The monoisotopic (exact) mass is 236 g/mol. The van der Waals surface area contributed by atoms with Crippen molar-refractivity contribution < 1.29 is 9.59 Å². The largest absolute Gasteiger partial charge is 0.325 e. The number of hydrogen-bond acceptors (Lipinski definition) is 3. The highest BCUT2D eigenvalue weighted by atomic mass is 35.5. The molecule has 0 aliphatic rings. The van der Waals surface area contributed by atoms with Crippen molar-refractivity contribution >= 4 is 29.0 Å². The SMILES string of the molecule is CC(=O)C(C#N)C(=O)Nc1cccc(Cl)c1. The van der Waals surface area contributed by atoms with E-state index in [2.05, 4.69) is 5.32 Å². The van der Waals surface area contributed by atoms with Crippen molar-refractivity contribution in [3.05, 3.63) is 29.3 Å². The summed E-state index contributed by atoms with van der Waals surface area (Å²) in [5.74, 6) is -2.40. The van der Waals surface area contributed by atoms with Crippen LogP contribution in [0.15, 0.2) is 24.3 Å². The maximum Gasteiger partial charge on any atom is 0.249 e. The van der Waals surface area contributed by atoms with Gasteiger partial charge in [-0.2, -0.15) is 5.26 Å². The van der Waals surface area contributed by atoms with E-state index in [1.54, 1.807) is 24.3 Å². The highest BCUT2D eigenvalue weighted by molar-refractivity contribution is 6.30. The van der Waals surface area contributed by atoms with E-state index in [0.717, 1.165) is 0 Å². The molecule has 0 spiro atoms. The number of anilines is 1. The van der Waals surface area contributed by atoms with E-state index in [0.29, 0.717) is 10.7 Å². The zero-order valence-corrected chi connectivity index (χ0v) is 9.28. The van der Waals surface area contributed by atoms with Crippen LogP contribution in [0.2, 0.25) is 5.02 Å². The molecular formula is C11H9ClN2O2. The molecule has 16 heavy (non-hydrogen) atoms. The molecule has 1 amide bonds. The molecule has 1 rings (SSSR count). The molecule has 82 valence electrons. The molecule has 1 unspecified atom stereocenters. The first-order chi connectivity index (χ1) is 7.54. The second kappa shape index (κ2) is 5.29. The summed E-state index contributed by atoms with van der Waals surface area (Å²) in [5, 5.41) is 11.6. The maximum atomic E-state index is 11.5. The molecule has 5 heteroatoms. The lowest BCUT2D eigenvalue weighted by Crippen LogP contribution is -2.26. The minimum absolute atomic E-state index is 0.457. The summed E-state index contributed by atoms with van der Waals surface area (Å²) in [4.78, 5) is 22.5. The Balaban J connectivity index is 2.79. The number of carbonyl (C=O) groups excluding carboxylic acids is 2. The number of halogens is 1. The fourth-order valence-corrected chi connectivity index (χ4v) is 1.31. The summed E-state index contributed by atoms with van der Waals surface area (Å²) in [7, 11) is 0. The van der Waals surface area contributed by atoms with Gasteiger partial charge in [0.15, 0.2) is 11.7 Å². The maximum absolute atomic E-state index is 11.5. The average molecular weight is 237 g/mol. The van der Waals surface area contributed by atoms with Crippen molar-refractivity contribution in [2.75, 3.05) is 5.32 Å². The number of ketones is 1. The van der Waals surface area contributed by atoms with Crippen molar-refractivity contribution in [3.63, 3.8) is 0 Å². The molecule has 1 aromatic carbocycles. The number of carbonyl (C=O) groups is 2. The van der Waals surface area contributed by atoms with Crippen LogP contribution in [0, 0.1) is 17.2 Å². The van der Waals surface area contributed by atoms with E-state index in [9.17, 15) is 9.59 Å². The standard InChI is InChI=1S/C11H9ClN2O2/c1-7(15)10(6-13)11(16)14-9-4-2-3-8(12)5-9/h2-5,10H,1H3,(H,14,16). The highest BCUT2D eigenvalue weighted by Crippen LogP contribution is 2.15. The normalized spacial score (nSPS) is 11.3. The van der Waals surface area contributed by atoms with Crippen LogP contribution in [0.1, 0.15) is 6.92 Å². The molecule has 0 radical (unpaired) electrons. The van der Waals surface area contributed by atoms with Crippen LogP contribution < -0.4 is 5.32 Å². The van der Waals surface area contributed by atoms with Crippen LogP contribution in [0.4, 0.5) is 5.69 Å². The van der Waals surface area contributed by atoms with E-state index in [1.165, 1.54) is 13.0 Å². The van der Waals surface area contributed by atoms with Gasteiger partial charge in [0.1, 0.15) is 0 Å². The topological polar surface area (TPSA) is 70.0 Å². The van der Waals surface area contributed by atoms with E-state index < -0.39 is 17.6 Å². The smallest absolute Gasteiger partial charge is 0.249 e. The lowest BCUT2D eigenvalue weighted by atomic mass is 10.1. The third-order valence-electron chi connectivity index (χ3n) is 1.89. The summed E-state index contributed by atoms with van der Waals surface area (Å²) < 4.78 is 0. The van der Waals surface area contributed by atoms with Gasteiger partial charge in [-0.25, -0.2) is 0 Å². The fourth-order valence-electron chi connectivity index (χ4n) is 1.11. The molecular weight excluding hydrogens is 228 g/mol. The predicted octanol–water partition coefficient (Wildman–Crippen LogP) is 2.01. The number of rotatable bonds is 3. The predicted molar refractivity (Wildman–Crippen MR) is 59.9 cm³/mol. The van der Waals surface area contributed by atoms with Crippen molar-refractivity contribution in [1.29, 1.82) is 5.26 Å². The summed E-state index contributed by atoms with van der Waals surface area (Å²) in [5.41, 5.74) is 0.457. The zero-order chi connectivity index (χ0) is 12.1. The quantitative estimate of drug-likeness (QED) is 0.816. The van der Waals surface area contributed by atoms with Crippen molar-refractivity contribution in [2.45, 2.75) is 6.92 Å². The van der Waals surface area contributed by atoms with Gasteiger partial charge in [0.2, 0.25) is 5.91 Å². The number of nitrogens with zero attached hydrogens (tertiary/aromatic N) is 1.